The van der Waals surface area contributed by atoms with Crippen LogP contribution in [0.25, 0.3) is 0 Å². The van der Waals surface area contributed by atoms with Crippen LogP contribution in [0.4, 0.5) is 0 Å². The van der Waals surface area contributed by atoms with Crippen molar-refractivity contribution in [2.24, 2.45) is 0 Å². The van der Waals surface area contributed by atoms with Gasteiger partial charge in [0.05, 0.1) is 6.54 Å². The second-order valence-corrected chi connectivity index (χ2v) is 4.31. The Hall–Kier alpha value is -1.61. The third-order valence-electron chi connectivity index (χ3n) is 2.97. The van der Waals surface area contributed by atoms with Crippen molar-refractivity contribution in [1.29, 1.82) is 0 Å². The summed E-state index contributed by atoms with van der Waals surface area (Å²) in [6.45, 7) is 4.09. The molecule has 0 aliphatic carbocycles. The van der Waals surface area contributed by atoms with Crippen LogP contribution < -0.4 is 5.32 Å². The number of aromatic nitrogens is 2. The van der Waals surface area contributed by atoms with Crippen LogP contribution >= 0.6 is 0 Å². The Bertz CT molecular complexity index is 408. The first-order valence-electron chi connectivity index (χ1n) is 6.10. The van der Waals surface area contributed by atoms with Gasteiger partial charge in [0.2, 0.25) is 0 Å². The maximum atomic E-state index is 4.17. The zero-order chi connectivity index (χ0) is 11.9. The van der Waals surface area contributed by atoms with Gasteiger partial charge in [-0.05, 0) is 24.4 Å². The van der Waals surface area contributed by atoms with Gasteiger partial charge in [0.25, 0.3) is 0 Å². The van der Waals surface area contributed by atoms with Crippen molar-refractivity contribution in [2.75, 3.05) is 6.54 Å². The van der Waals surface area contributed by atoms with Crippen molar-refractivity contribution in [3.8, 4) is 0 Å². The average molecular weight is 229 g/mol. The molecule has 1 aromatic heterocycles. The Kier molecular flexibility index (Phi) is 4.33. The highest BCUT2D eigenvalue weighted by Crippen LogP contribution is 2.17. The fourth-order valence-corrected chi connectivity index (χ4v) is 1.87. The van der Waals surface area contributed by atoms with Crippen molar-refractivity contribution in [3.05, 3.63) is 54.1 Å². The summed E-state index contributed by atoms with van der Waals surface area (Å²) in [4.78, 5) is 7.26. The first kappa shape index (κ1) is 11.9. The summed E-state index contributed by atoms with van der Waals surface area (Å²) >= 11 is 0. The van der Waals surface area contributed by atoms with E-state index >= 15 is 0 Å². The molecule has 2 aromatic rings. The highest BCUT2D eigenvalue weighted by atomic mass is 15.0. The minimum atomic E-state index is 0.598. The largest absolute Gasteiger partial charge is 0.348 e. The number of rotatable bonds is 6. The van der Waals surface area contributed by atoms with Gasteiger partial charge in [0.1, 0.15) is 5.82 Å². The number of aromatic amines is 1. The highest BCUT2D eigenvalue weighted by Gasteiger charge is 2.04. The zero-order valence-corrected chi connectivity index (χ0v) is 10.2. The van der Waals surface area contributed by atoms with E-state index in [0.29, 0.717) is 5.92 Å². The van der Waals surface area contributed by atoms with E-state index in [0.717, 1.165) is 25.3 Å². The van der Waals surface area contributed by atoms with Gasteiger partial charge in [-0.1, -0.05) is 37.3 Å². The van der Waals surface area contributed by atoms with Gasteiger partial charge in [-0.3, -0.25) is 0 Å². The molecule has 0 spiro atoms. The first-order chi connectivity index (χ1) is 8.36. The SMILES string of the molecule is CC(CCNCc1ncc[nH]1)c1ccccc1. The molecule has 1 aromatic carbocycles. The molecule has 17 heavy (non-hydrogen) atoms. The molecule has 1 atom stereocenters. The molecule has 0 fully saturated rings. The molecule has 0 saturated carbocycles. The van der Waals surface area contributed by atoms with Gasteiger partial charge in [-0.25, -0.2) is 4.98 Å². The first-order valence-corrected chi connectivity index (χ1v) is 6.10. The van der Waals surface area contributed by atoms with E-state index in [1.165, 1.54) is 5.56 Å². The van der Waals surface area contributed by atoms with Crippen LogP contribution in [-0.2, 0) is 6.54 Å². The lowest BCUT2D eigenvalue weighted by molar-refractivity contribution is 0.585. The molecular formula is C14H19N3. The summed E-state index contributed by atoms with van der Waals surface area (Å²) in [5, 5.41) is 3.39. The number of nitrogens with one attached hydrogen (secondary N) is 2. The average Bonchev–Trinajstić information content (AvgIpc) is 2.88. The monoisotopic (exact) mass is 229 g/mol. The van der Waals surface area contributed by atoms with E-state index in [-0.39, 0.29) is 0 Å². The lowest BCUT2D eigenvalue weighted by Gasteiger charge is -2.11. The third kappa shape index (κ3) is 3.71. The summed E-state index contributed by atoms with van der Waals surface area (Å²) < 4.78 is 0. The molecule has 2 rings (SSSR count). The smallest absolute Gasteiger partial charge is 0.120 e. The number of imidazole rings is 1. The molecule has 2 N–H and O–H groups in total. The molecule has 1 unspecified atom stereocenters. The van der Waals surface area contributed by atoms with Gasteiger partial charge in [0.15, 0.2) is 0 Å². The van der Waals surface area contributed by atoms with Crippen LogP contribution in [0.5, 0.6) is 0 Å². The van der Waals surface area contributed by atoms with Gasteiger partial charge >= 0.3 is 0 Å². The molecule has 0 saturated heterocycles. The fourth-order valence-electron chi connectivity index (χ4n) is 1.87. The van der Waals surface area contributed by atoms with E-state index in [1.807, 2.05) is 6.20 Å². The van der Waals surface area contributed by atoms with Crippen LogP contribution in [0, 0.1) is 0 Å². The molecular weight excluding hydrogens is 210 g/mol. The molecule has 0 radical (unpaired) electrons. The van der Waals surface area contributed by atoms with Gasteiger partial charge in [0, 0.05) is 12.4 Å². The van der Waals surface area contributed by atoms with Crippen molar-refractivity contribution in [3.63, 3.8) is 0 Å². The quantitative estimate of drug-likeness (QED) is 0.748. The molecule has 3 nitrogen and oxygen atoms in total. The van der Waals surface area contributed by atoms with E-state index in [9.17, 15) is 0 Å². The van der Waals surface area contributed by atoms with E-state index < -0.39 is 0 Å². The lowest BCUT2D eigenvalue weighted by Crippen LogP contribution is -2.17. The molecule has 3 heteroatoms. The van der Waals surface area contributed by atoms with Gasteiger partial charge in [-0.15, -0.1) is 0 Å². The predicted molar refractivity (Wildman–Crippen MR) is 69.8 cm³/mol. The third-order valence-corrected chi connectivity index (χ3v) is 2.97. The summed E-state index contributed by atoms with van der Waals surface area (Å²) in [5.74, 6) is 1.60. The second kappa shape index (κ2) is 6.21. The molecule has 1 heterocycles. The maximum absolute atomic E-state index is 4.17. The highest BCUT2D eigenvalue weighted by molar-refractivity contribution is 5.18. The summed E-state index contributed by atoms with van der Waals surface area (Å²) in [6, 6.07) is 10.6. The minimum absolute atomic E-state index is 0.598. The molecule has 0 aliphatic rings. The van der Waals surface area contributed by atoms with Crippen LogP contribution in [0.15, 0.2) is 42.7 Å². The Morgan fingerprint density at radius 1 is 1.29 bits per heavy atom. The van der Waals surface area contributed by atoms with Crippen LogP contribution in [0.1, 0.15) is 30.7 Å². The van der Waals surface area contributed by atoms with Crippen molar-refractivity contribution in [2.45, 2.75) is 25.8 Å². The summed E-state index contributed by atoms with van der Waals surface area (Å²) in [5.41, 5.74) is 1.41. The molecule has 0 amide bonds. The van der Waals surface area contributed by atoms with E-state index in [2.05, 4.69) is 52.5 Å². The van der Waals surface area contributed by atoms with E-state index in [4.69, 9.17) is 0 Å². The number of hydrogen-bond acceptors (Lipinski definition) is 2. The summed E-state index contributed by atoms with van der Waals surface area (Å²) in [6.07, 6.45) is 4.78. The van der Waals surface area contributed by atoms with Crippen molar-refractivity contribution < 1.29 is 0 Å². The molecule has 90 valence electrons. The van der Waals surface area contributed by atoms with Crippen LogP contribution in [0.3, 0.4) is 0 Å². The fraction of sp³-hybridized carbons (Fsp3) is 0.357. The van der Waals surface area contributed by atoms with Crippen LogP contribution in [0.2, 0.25) is 0 Å². The second-order valence-electron chi connectivity index (χ2n) is 4.31. The number of benzene rings is 1. The number of nitrogens with zero attached hydrogens (tertiary/aromatic N) is 1. The Morgan fingerprint density at radius 3 is 2.82 bits per heavy atom. The van der Waals surface area contributed by atoms with Crippen molar-refractivity contribution >= 4 is 0 Å². The zero-order valence-electron chi connectivity index (χ0n) is 10.2. The Labute approximate surface area is 102 Å². The molecule has 0 aliphatic heterocycles. The van der Waals surface area contributed by atoms with Crippen molar-refractivity contribution in [1.82, 2.24) is 15.3 Å². The number of H-pyrrole nitrogens is 1. The lowest BCUT2D eigenvalue weighted by atomic mass is 9.98. The van der Waals surface area contributed by atoms with E-state index in [1.54, 1.807) is 6.20 Å². The molecule has 0 bridgehead atoms. The normalized spacial score (nSPS) is 12.5. The predicted octanol–water partition coefficient (Wildman–Crippen LogP) is 2.69. The minimum Gasteiger partial charge on any atom is -0.348 e. The standard InChI is InChI=1S/C14H19N3/c1-12(13-5-3-2-4-6-13)7-8-15-11-14-16-9-10-17-14/h2-6,9-10,12,15H,7-8,11H2,1H3,(H,16,17). The van der Waals surface area contributed by atoms with Gasteiger partial charge in [-0.2, -0.15) is 0 Å². The number of hydrogen-bond donors (Lipinski definition) is 2. The topological polar surface area (TPSA) is 40.7 Å². The van der Waals surface area contributed by atoms with Crippen LogP contribution in [-0.4, -0.2) is 16.5 Å². The summed E-state index contributed by atoms with van der Waals surface area (Å²) in [7, 11) is 0. The Morgan fingerprint density at radius 2 is 2.12 bits per heavy atom. The maximum Gasteiger partial charge on any atom is 0.120 e. The Balaban J connectivity index is 1.68. The van der Waals surface area contributed by atoms with Gasteiger partial charge < -0.3 is 10.3 Å².